The van der Waals surface area contributed by atoms with Crippen LogP contribution in [-0.4, -0.2) is 35.6 Å². The minimum absolute atomic E-state index is 0.231. The molecule has 0 saturated carbocycles. The molecule has 0 aliphatic rings. The number of carboxylic acids is 1. The summed E-state index contributed by atoms with van der Waals surface area (Å²) in [7, 11) is 2.02. The van der Waals surface area contributed by atoms with Crippen LogP contribution >= 0.6 is 0 Å². The molecule has 1 N–H and O–H groups in total. The first kappa shape index (κ1) is 11.4. The first-order valence-electron chi connectivity index (χ1n) is 4.35. The number of nitrogens with zero attached hydrogens (tertiary/aromatic N) is 1. The van der Waals surface area contributed by atoms with Crippen LogP contribution in [0.4, 0.5) is 0 Å². The van der Waals surface area contributed by atoms with Crippen molar-refractivity contribution in [3.05, 3.63) is 0 Å². The largest absolute Gasteiger partial charge is 0.481 e. The summed E-state index contributed by atoms with van der Waals surface area (Å²) in [6.45, 7) is 7.03. The highest BCUT2D eigenvalue weighted by Crippen LogP contribution is 2.05. The summed E-state index contributed by atoms with van der Waals surface area (Å²) in [5, 5.41) is 8.52. The molecule has 72 valence electrons. The van der Waals surface area contributed by atoms with Gasteiger partial charge in [-0.15, -0.1) is 0 Å². The summed E-state index contributed by atoms with van der Waals surface area (Å²) < 4.78 is 0. The van der Waals surface area contributed by atoms with Crippen LogP contribution in [0.15, 0.2) is 0 Å². The normalized spacial score (nSPS) is 13.8. The zero-order valence-electron chi connectivity index (χ0n) is 8.37. The van der Waals surface area contributed by atoms with Crippen LogP contribution in [0.2, 0.25) is 0 Å². The predicted molar refractivity (Wildman–Crippen MR) is 49.2 cm³/mol. The molecular formula is C9H19NO2. The fourth-order valence-corrected chi connectivity index (χ4v) is 1.07. The van der Waals surface area contributed by atoms with Gasteiger partial charge in [0.2, 0.25) is 0 Å². The van der Waals surface area contributed by atoms with E-state index in [0.29, 0.717) is 6.04 Å². The summed E-state index contributed by atoms with van der Waals surface area (Å²) in [5.74, 6) is -0.477. The third kappa shape index (κ3) is 5.13. The Hall–Kier alpha value is -0.570. The molecule has 0 amide bonds. The Morgan fingerprint density at radius 1 is 1.42 bits per heavy atom. The molecule has 0 aromatic heterocycles. The van der Waals surface area contributed by atoms with Crippen molar-refractivity contribution in [1.29, 1.82) is 0 Å². The van der Waals surface area contributed by atoms with E-state index in [9.17, 15) is 4.79 Å². The van der Waals surface area contributed by atoms with E-state index in [0.717, 1.165) is 6.54 Å². The second kappa shape index (κ2) is 5.14. The fourth-order valence-electron chi connectivity index (χ4n) is 1.07. The Balaban J connectivity index is 3.68. The lowest BCUT2D eigenvalue weighted by molar-refractivity contribution is -0.138. The molecule has 0 aromatic carbocycles. The number of rotatable bonds is 5. The Morgan fingerprint density at radius 2 is 1.92 bits per heavy atom. The molecule has 0 aromatic rings. The Morgan fingerprint density at radius 3 is 2.25 bits per heavy atom. The van der Waals surface area contributed by atoms with Gasteiger partial charge in [0.05, 0.1) is 0 Å². The maximum absolute atomic E-state index is 10.3. The molecule has 1 unspecified atom stereocenters. The first-order valence-corrected chi connectivity index (χ1v) is 4.35. The van der Waals surface area contributed by atoms with Crippen molar-refractivity contribution in [2.75, 3.05) is 13.6 Å². The van der Waals surface area contributed by atoms with Gasteiger partial charge in [0.1, 0.15) is 0 Å². The van der Waals surface area contributed by atoms with Gasteiger partial charge in [0, 0.05) is 19.0 Å². The van der Waals surface area contributed by atoms with Crippen LogP contribution < -0.4 is 0 Å². The van der Waals surface area contributed by atoms with E-state index in [1.54, 1.807) is 0 Å². The lowest BCUT2D eigenvalue weighted by atomic mass is 10.1. The highest BCUT2D eigenvalue weighted by molar-refractivity contribution is 5.66. The topological polar surface area (TPSA) is 40.5 Å². The van der Waals surface area contributed by atoms with Crippen LogP contribution in [0.25, 0.3) is 0 Å². The number of carboxylic acid groups (broad SMARTS) is 1. The number of aliphatic carboxylic acids is 1. The SMILES string of the molecule is CC(CC(=O)O)CN(C)C(C)C. The standard InChI is InChI=1S/C9H19NO2/c1-7(2)10(4)6-8(3)5-9(11)12/h7-8H,5-6H2,1-4H3,(H,11,12). The molecule has 0 rings (SSSR count). The van der Waals surface area contributed by atoms with E-state index in [1.165, 1.54) is 0 Å². The van der Waals surface area contributed by atoms with E-state index in [-0.39, 0.29) is 12.3 Å². The Kier molecular flexibility index (Phi) is 4.90. The van der Waals surface area contributed by atoms with Crippen molar-refractivity contribution in [2.24, 2.45) is 5.92 Å². The van der Waals surface area contributed by atoms with E-state index in [2.05, 4.69) is 18.7 Å². The Bertz CT molecular complexity index is 145. The molecule has 0 saturated heterocycles. The predicted octanol–water partition coefficient (Wildman–Crippen LogP) is 1.44. The van der Waals surface area contributed by atoms with Crippen LogP contribution in [0, 0.1) is 5.92 Å². The van der Waals surface area contributed by atoms with Crippen LogP contribution in [0.5, 0.6) is 0 Å². The van der Waals surface area contributed by atoms with Gasteiger partial charge >= 0.3 is 5.97 Å². The van der Waals surface area contributed by atoms with Gasteiger partial charge < -0.3 is 10.0 Å². The molecule has 0 heterocycles. The summed E-state index contributed by atoms with van der Waals surface area (Å²) in [4.78, 5) is 12.5. The molecule has 12 heavy (non-hydrogen) atoms. The van der Waals surface area contributed by atoms with E-state index < -0.39 is 5.97 Å². The van der Waals surface area contributed by atoms with Gasteiger partial charge in [0.15, 0.2) is 0 Å². The number of carbonyl (C=O) groups is 1. The molecule has 1 atom stereocenters. The molecular weight excluding hydrogens is 154 g/mol. The van der Waals surface area contributed by atoms with Gasteiger partial charge in [-0.25, -0.2) is 0 Å². The first-order chi connectivity index (χ1) is 5.43. The maximum Gasteiger partial charge on any atom is 0.303 e. The Labute approximate surface area is 74.4 Å². The highest BCUT2D eigenvalue weighted by Gasteiger charge is 2.11. The van der Waals surface area contributed by atoms with Gasteiger partial charge in [-0.2, -0.15) is 0 Å². The highest BCUT2D eigenvalue weighted by atomic mass is 16.4. The third-order valence-corrected chi connectivity index (χ3v) is 2.00. The van der Waals surface area contributed by atoms with Gasteiger partial charge in [-0.3, -0.25) is 4.79 Å². The number of hydrogen-bond acceptors (Lipinski definition) is 2. The summed E-state index contributed by atoms with van der Waals surface area (Å²) in [6.07, 6.45) is 0.261. The van der Waals surface area contributed by atoms with Crippen molar-refractivity contribution >= 4 is 5.97 Å². The van der Waals surface area contributed by atoms with Crippen molar-refractivity contribution in [1.82, 2.24) is 4.90 Å². The van der Waals surface area contributed by atoms with Gasteiger partial charge in [0.25, 0.3) is 0 Å². The molecule has 0 aliphatic heterocycles. The minimum Gasteiger partial charge on any atom is -0.481 e. The van der Waals surface area contributed by atoms with Crippen molar-refractivity contribution < 1.29 is 9.90 Å². The monoisotopic (exact) mass is 173 g/mol. The number of hydrogen-bond donors (Lipinski definition) is 1. The molecule has 0 spiro atoms. The van der Waals surface area contributed by atoms with Crippen molar-refractivity contribution in [2.45, 2.75) is 33.2 Å². The van der Waals surface area contributed by atoms with Crippen molar-refractivity contribution in [3.63, 3.8) is 0 Å². The van der Waals surface area contributed by atoms with Crippen LogP contribution in [-0.2, 0) is 4.79 Å². The zero-order valence-corrected chi connectivity index (χ0v) is 8.37. The van der Waals surface area contributed by atoms with Gasteiger partial charge in [-0.1, -0.05) is 6.92 Å². The van der Waals surface area contributed by atoms with E-state index in [1.807, 2.05) is 14.0 Å². The van der Waals surface area contributed by atoms with Crippen LogP contribution in [0.3, 0.4) is 0 Å². The average molecular weight is 173 g/mol. The second-order valence-corrected chi connectivity index (χ2v) is 3.74. The van der Waals surface area contributed by atoms with Gasteiger partial charge in [-0.05, 0) is 26.8 Å². The summed E-state index contributed by atoms with van der Waals surface area (Å²) in [6, 6.07) is 0.487. The smallest absolute Gasteiger partial charge is 0.303 e. The lowest BCUT2D eigenvalue weighted by Gasteiger charge is -2.23. The van der Waals surface area contributed by atoms with Crippen molar-refractivity contribution in [3.8, 4) is 0 Å². The molecule has 3 nitrogen and oxygen atoms in total. The van der Waals surface area contributed by atoms with E-state index >= 15 is 0 Å². The second-order valence-electron chi connectivity index (χ2n) is 3.74. The zero-order chi connectivity index (χ0) is 9.72. The maximum atomic E-state index is 10.3. The molecule has 0 radical (unpaired) electrons. The summed E-state index contributed by atoms with van der Waals surface area (Å²) in [5.41, 5.74) is 0. The molecule has 3 heteroatoms. The average Bonchev–Trinajstić information content (AvgIpc) is 1.84. The molecule has 0 bridgehead atoms. The van der Waals surface area contributed by atoms with Crippen LogP contribution in [0.1, 0.15) is 27.2 Å². The third-order valence-electron chi connectivity index (χ3n) is 2.00. The lowest BCUT2D eigenvalue weighted by Crippen LogP contribution is -2.31. The fraction of sp³-hybridized carbons (Fsp3) is 0.889. The molecule has 0 fully saturated rings. The quantitative estimate of drug-likeness (QED) is 0.684. The van der Waals surface area contributed by atoms with E-state index in [4.69, 9.17) is 5.11 Å². The summed E-state index contributed by atoms with van der Waals surface area (Å²) >= 11 is 0. The minimum atomic E-state index is -0.709. The molecule has 0 aliphatic carbocycles.